The van der Waals surface area contributed by atoms with E-state index in [0.717, 1.165) is 0 Å². The zero-order valence-corrected chi connectivity index (χ0v) is 3.92. The molecule has 0 spiro atoms. The van der Waals surface area contributed by atoms with E-state index in [1.165, 1.54) is 17.9 Å². The molecule has 1 heterocycles. The van der Waals surface area contributed by atoms with Crippen LogP contribution in [0.4, 0.5) is 0 Å². The Morgan fingerprint density at radius 1 is 1.40 bits per heavy atom. The van der Waals surface area contributed by atoms with E-state index >= 15 is 0 Å². The molecule has 30 valence electrons. The first-order chi connectivity index (χ1) is 2.39. The molecule has 1 nitrogen and oxygen atoms in total. The van der Waals surface area contributed by atoms with Gasteiger partial charge < -0.3 is 0 Å². The summed E-state index contributed by atoms with van der Waals surface area (Å²) >= 11 is 0.358. The minimum absolute atomic E-state index is 0.358. The summed E-state index contributed by atoms with van der Waals surface area (Å²) in [4.78, 5) is 0. The van der Waals surface area contributed by atoms with E-state index in [0.29, 0.717) is 11.1 Å². The summed E-state index contributed by atoms with van der Waals surface area (Å²) in [5.74, 6) is 2.58. The van der Waals surface area contributed by atoms with E-state index in [4.69, 9.17) is 5.14 Å². The van der Waals surface area contributed by atoms with Crippen LogP contribution >= 0.6 is 0 Å². The topological polar surface area (TPSA) is 26.0 Å². The van der Waals surface area contributed by atoms with Crippen LogP contribution in [0.15, 0.2) is 0 Å². The molecular weight excluding hydrogens is 82.1 g/mol. The van der Waals surface area contributed by atoms with Crippen LogP contribution in [0.3, 0.4) is 0 Å². The maximum Gasteiger partial charge on any atom is 0.131 e. The molecule has 0 amide bonds. The number of hydrogen-bond donors (Lipinski definition) is 1. The molecule has 1 saturated heterocycles. The number of rotatable bonds is 0. The minimum Gasteiger partial charge on any atom is -0.151 e. The maximum atomic E-state index is 5.41. The van der Waals surface area contributed by atoms with Gasteiger partial charge in [0.1, 0.15) is 11.5 Å². The molecule has 1 rings (SSSR count). The quantitative estimate of drug-likeness (QED) is 0.412. The first-order valence-electron chi connectivity index (χ1n) is 1.81. The van der Waals surface area contributed by atoms with Gasteiger partial charge in [0.05, 0.1) is 11.1 Å². The smallest absolute Gasteiger partial charge is 0.131 e. The lowest BCUT2D eigenvalue weighted by molar-refractivity contribution is 1.03. The zero-order valence-electron chi connectivity index (χ0n) is 3.11. The van der Waals surface area contributed by atoms with Gasteiger partial charge in [-0.05, 0) is 0 Å². The fraction of sp³-hybridized carbons (Fsp3) is 1.00. The van der Waals surface area contributed by atoms with Gasteiger partial charge in [-0.25, -0.2) is 0 Å². The molecule has 1 fully saturated rings. The first kappa shape index (κ1) is 3.50. The Hall–Kier alpha value is 0.310. The monoisotopic (exact) mass is 90.0 g/mol. The lowest BCUT2D eigenvalue weighted by atomic mass is 10.5. The van der Waals surface area contributed by atoms with Crippen molar-refractivity contribution < 1.29 is 0 Å². The highest BCUT2D eigenvalue weighted by Gasteiger charge is 2.22. The third-order valence-corrected chi connectivity index (χ3v) is 2.44. The maximum absolute atomic E-state index is 5.41. The number of nitrogens with two attached hydrogens (primary N) is 1. The fourth-order valence-electron chi connectivity index (χ4n) is 0.311. The van der Waals surface area contributed by atoms with Crippen LogP contribution in [0.5, 0.6) is 0 Å². The molecule has 5 heavy (non-hydrogen) atoms. The van der Waals surface area contributed by atoms with Crippen molar-refractivity contribution in [2.24, 2.45) is 5.14 Å². The van der Waals surface area contributed by atoms with E-state index in [-0.39, 0.29) is 0 Å². The van der Waals surface area contributed by atoms with Crippen LogP contribution in [0.2, 0.25) is 0 Å². The number of hydrogen-bond acceptors (Lipinski definition) is 1. The summed E-state index contributed by atoms with van der Waals surface area (Å²) in [6.45, 7) is 0. The Labute approximate surface area is 35.0 Å². The van der Waals surface area contributed by atoms with Gasteiger partial charge in [0.2, 0.25) is 0 Å². The van der Waals surface area contributed by atoms with E-state index in [1.54, 1.807) is 0 Å². The van der Waals surface area contributed by atoms with E-state index < -0.39 is 0 Å². The van der Waals surface area contributed by atoms with Crippen LogP contribution in [0.25, 0.3) is 0 Å². The van der Waals surface area contributed by atoms with Crippen molar-refractivity contribution in [2.75, 3.05) is 11.5 Å². The zero-order chi connectivity index (χ0) is 3.70. The summed E-state index contributed by atoms with van der Waals surface area (Å²) in [5, 5.41) is 5.41. The van der Waals surface area contributed by atoms with E-state index in [1.807, 2.05) is 0 Å². The SMILES string of the molecule is N[S+]1CCC1. The lowest BCUT2D eigenvalue weighted by Gasteiger charge is -2.06. The molecule has 2 N–H and O–H groups in total. The average molecular weight is 90.2 g/mol. The van der Waals surface area contributed by atoms with Crippen LogP contribution < -0.4 is 5.14 Å². The summed E-state index contributed by atoms with van der Waals surface area (Å²) in [6.07, 6.45) is 1.37. The normalized spacial score (nSPS) is 25.8. The molecule has 1 aliphatic rings. The van der Waals surface area contributed by atoms with Gasteiger partial charge in [-0.15, -0.1) is 0 Å². The van der Waals surface area contributed by atoms with Gasteiger partial charge in [0.25, 0.3) is 0 Å². The molecule has 0 aliphatic carbocycles. The van der Waals surface area contributed by atoms with Crippen LogP contribution in [-0.2, 0) is 11.1 Å². The minimum atomic E-state index is 0.358. The van der Waals surface area contributed by atoms with Gasteiger partial charge >= 0.3 is 0 Å². The predicted molar refractivity (Wildman–Crippen MR) is 25.9 cm³/mol. The lowest BCUT2D eigenvalue weighted by Crippen LogP contribution is -2.31. The molecule has 2 heteroatoms. The molecule has 0 saturated carbocycles. The average Bonchev–Trinajstić information content (AvgIpc) is 1.30. The summed E-state index contributed by atoms with van der Waals surface area (Å²) in [5.41, 5.74) is 0. The fourth-order valence-corrected chi connectivity index (χ4v) is 0.933. The van der Waals surface area contributed by atoms with Crippen molar-refractivity contribution in [3.8, 4) is 0 Å². The van der Waals surface area contributed by atoms with Crippen molar-refractivity contribution in [2.45, 2.75) is 6.42 Å². The Balaban J connectivity index is 2.08. The Morgan fingerprint density at radius 3 is 1.80 bits per heavy atom. The molecule has 0 atom stereocenters. The third-order valence-electron chi connectivity index (χ3n) is 0.813. The van der Waals surface area contributed by atoms with Gasteiger partial charge in [0.15, 0.2) is 0 Å². The van der Waals surface area contributed by atoms with Gasteiger partial charge in [-0.3, -0.25) is 0 Å². The molecule has 0 bridgehead atoms. The highest BCUT2D eigenvalue weighted by Crippen LogP contribution is 2.03. The first-order valence-corrected chi connectivity index (χ1v) is 3.44. The van der Waals surface area contributed by atoms with Crippen LogP contribution in [-0.4, -0.2) is 11.5 Å². The molecule has 0 aromatic rings. The van der Waals surface area contributed by atoms with Gasteiger partial charge in [-0.1, -0.05) is 0 Å². The predicted octanol–water partition coefficient (Wildman–Crippen LogP) is -0.118. The molecule has 0 radical (unpaired) electrons. The van der Waals surface area contributed by atoms with Crippen molar-refractivity contribution in [1.29, 1.82) is 0 Å². The Bertz CT molecular complexity index is 33.9. The van der Waals surface area contributed by atoms with E-state index in [2.05, 4.69) is 0 Å². The summed E-state index contributed by atoms with van der Waals surface area (Å²) in [6, 6.07) is 0. The van der Waals surface area contributed by atoms with Gasteiger partial charge in [0, 0.05) is 6.42 Å². The molecule has 1 aliphatic heterocycles. The third kappa shape index (κ3) is 0.578. The van der Waals surface area contributed by atoms with Crippen LogP contribution in [0, 0.1) is 0 Å². The largest absolute Gasteiger partial charge is 0.151 e. The van der Waals surface area contributed by atoms with Gasteiger partial charge in [-0.2, -0.15) is 5.14 Å². The van der Waals surface area contributed by atoms with Crippen LogP contribution in [0.1, 0.15) is 6.42 Å². The second kappa shape index (κ2) is 1.19. The highest BCUT2D eigenvalue weighted by atomic mass is 32.2. The van der Waals surface area contributed by atoms with Crippen molar-refractivity contribution in [1.82, 2.24) is 0 Å². The second-order valence-corrected chi connectivity index (χ2v) is 3.19. The second-order valence-electron chi connectivity index (χ2n) is 1.30. The summed E-state index contributed by atoms with van der Waals surface area (Å²) < 4.78 is 0. The van der Waals surface area contributed by atoms with Crippen molar-refractivity contribution >= 4 is 11.1 Å². The molecular formula is C3H8NS+. The van der Waals surface area contributed by atoms with Crippen molar-refractivity contribution in [3.05, 3.63) is 0 Å². The molecule has 0 aromatic heterocycles. The Kier molecular flexibility index (Phi) is 0.830. The highest BCUT2D eigenvalue weighted by molar-refractivity contribution is 7.95. The van der Waals surface area contributed by atoms with E-state index in [9.17, 15) is 0 Å². The molecule has 0 unspecified atom stereocenters. The summed E-state index contributed by atoms with van der Waals surface area (Å²) in [7, 11) is 0. The Morgan fingerprint density at radius 2 is 1.80 bits per heavy atom. The standard InChI is InChI=1S/C3H8NS/c4-5-2-1-3-5/h1-4H2/q+1. The van der Waals surface area contributed by atoms with Crippen molar-refractivity contribution in [3.63, 3.8) is 0 Å². The molecule has 0 aromatic carbocycles.